The Morgan fingerprint density at radius 3 is 2.85 bits per heavy atom. The molecule has 2 amide bonds. The number of nitrogens with one attached hydrogen (secondary N) is 1. The van der Waals surface area contributed by atoms with Crippen molar-refractivity contribution in [1.29, 1.82) is 0 Å². The molecule has 2 aromatic heterocycles. The number of hydrogen-bond donors (Lipinski definition) is 1. The van der Waals surface area contributed by atoms with E-state index in [0.29, 0.717) is 34.0 Å². The SMILES string of the molecule is Cc1cc(C(C)N2Cc3c(ccnc3NC(=O)Cc3cnco3)C2=O)ccc1OCC(F)F. The van der Waals surface area contributed by atoms with Crippen molar-refractivity contribution in [2.45, 2.75) is 39.3 Å². The first-order valence-corrected chi connectivity index (χ1v) is 10.3. The number of benzene rings is 1. The third-order valence-electron chi connectivity index (χ3n) is 5.47. The summed E-state index contributed by atoms with van der Waals surface area (Å²) in [4.78, 5) is 35.2. The number of oxazole rings is 1. The molecule has 1 aliphatic heterocycles. The number of amides is 2. The number of hydrogen-bond acceptors (Lipinski definition) is 6. The topological polar surface area (TPSA) is 97.6 Å². The molecule has 1 N–H and O–H groups in total. The molecule has 0 saturated heterocycles. The number of carbonyl (C=O) groups excluding carboxylic acids is 2. The Morgan fingerprint density at radius 1 is 1.33 bits per heavy atom. The van der Waals surface area contributed by atoms with Gasteiger partial charge in [-0.25, -0.2) is 18.7 Å². The molecule has 0 fully saturated rings. The molecule has 3 heterocycles. The summed E-state index contributed by atoms with van der Waals surface area (Å²) < 4.78 is 35.1. The zero-order valence-corrected chi connectivity index (χ0v) is 18.0. The highest BCUT2D eigenvalue weighted by Crippen LogP contribution is 2.35. The molecular formula is C23H22F2N4O4. The average molecular weight is 456 g/mol. The molecule has 10 heteroatoms. The van der Waals surface area contributed by atoms with Crippen LogP contribution in [0.5, 0.6) is 5.75 Å². The second kappa shape index (κ2) is 9.35. The molecule has 0 aliphatic carbocycles. The summed E-state index contributed by atoms with van der Waals surface area (Å²) in [6.45, 7) is 3.24. The van der Waals surface area contributed by atoms with Crippen LogP contribution in [0, 0.1) is 6.92 Å². The standard InChI is InChI=1S/C23H22F2N4O4/c1-13-7-15(3-4-19(13)32-11-20(24)25)14(2)29-10-18-17(23(29)31)5-6-27-22(18)28-21(30)8-16-9-26-12-33-16/h3-7,9,12,14,20H,8,10-11H2,1-2H3,(H,27,28,30). The van der Waals surface area contributed by atoms with Gasteiger partial charge >= 0.3 is 0 Å². The number of nitrogens with zero attached hydrogens (tertiary/aromatic N) is 3. The van der Waals surface area contributed by atoms with E-state index in [-0.39, 0.29) is 30.8 Å². The molecular weight excluding hydrogens is 434 g/mol. The molecule has 0 saturated carbocycles. The number of pyridine rings is 1. The molecule has 4 rings (SSSR count). The molecule has 1 aromatic carbocycles. The Morgan fingerprint density at radius 2 is 2.15 bits per heavy atom. The van der Waals surface area contributed by atoms with Crippen LogP contribution in [0.25, 0.3) is 0 Å². The van der Waals surface area contributed by atoms with Gasteiger partial charge in [-0.15, -0.1) is 0 Å². The van der Waals surface area contributed by atoms with Gasteiger partial charge in [-0.3, -0.25) is 9.59 Å². The van der Waals surface area contributed by atoms with Gasteiger partial charge in [0, 0.05) is 17.3 Å². The molecule has 8 nitrogen and oxygen atoms in total. The van der Waals surface area contributed by atoms with E-state index in [1.807, 2.05) is 13.0 Å². The van der Waals surface area contributed by atoms with E-state index in [0.717, 1.165) is 5.56 Å². The number of aromatic nitrogens is 2. The molecule has 1 unspecified atom stereocenters. The number of rotatable bonds is 8. The first-order chi connectivity index (χ1) is 15.8. The highest BCUT2D eigenvalue weighted by atomic mass is 19.3. The van der Waals surface area contributed by atoms with E-state index < -0.39 is 13.0 Å². The van der Waals surface area contributed by atoms with Gasteiger partial charge in [-0.1, -0.05) is 12.1 Å². The maximum Gasteiger partial charge on any atom is 0.272 e. The van der Waals surface area contributed by atoms with Crippen LogP contribution in [0.2, 0.25) is 0 Å². The summed E-state index contributed by atoms with van der Waals surface area (Å²) in [6, 6.07) is 6.54. The summed E-state index contributed by atoms with van der Waals surface area (Å²) in [7, 11) is 0. The van der Waals surface area contributed by atoms with Gasteiger partial charge < -0.3 is 19.4 Å². The van der Waals surface area contributed by atoms with Crippen LogP contribution in [0.1, 0.15) is 45.8 Å². The maximum atomic E-state index is 13.1. The zero-order valence-electron chi connectivity index (χ0n) is 18.0. The fourth-order valence-corrected chi connectivity index (χ4v) is 3.76. The minimum absolute atomic E-state index is 0.00132. The summed E-state index contributed by atoms with van der Waals surface area (Å²) in [5.74, 6) is 0.612. The largest absolute Gasteiger partial charge is 0.487 e. The number of ether oxygens (including phenoxy) is 1. The minimum Gasteiger partial charge on any atom is -0.487 e. The number of aryl methyl sites for hydroxylation is 1. The molecule has 33 heavy (non-hydrogen) atoms. The predicted molar refractivity (Wildman–Crippen MR) is 114 cm³/mol. The van der Waals surface area contributed by atoms with Gasteiger partial charge in [0.1, 0.15) is 23.9 Å². The lowest BCUT2D eigenvalue weighted by molar-refractivity contribution is -0.115. The quantitative estimate of drug-likeness (QED) is 0.552. The fraction of sp³-hybridized carbons (Fsp3) is 0.304. The van der Waals surface area contributed by atoms with Crippen LogP contribution in [0.15, 0.2) is 47.5 Å². The number of anilines is 1. The van der Waals surface area contributed by atoms with E-state index in [4.69, 9.17) is 9.15 Å². The highest BCUT2D eigenvalue weighted by molar-refractivity contribution is 6.01. The van der Waals surface area contributed by atoms with Crippen molar-refractivity contribution in [2.24, 2.45) is 0 Å². The lowest BCUT2D eigenvalue weighted by Gasteiger charge is -2.25. The van der Waals surface area contributed by atoms with Gasteiger partial charge in [-0.2, -0.15) is 0 Å². The monoisotopic (exact) mass is 456 g/mol. The first-order valence-electron chi connectivity index (χ1n) is 10.3. The van der Waals surface area contributed by atoms with Gasteiger partial charge in [0.15, 0.2) is 6.39 Å². The Hall–Kier alpha value is -3.82. The van der Waals surface area contributed by atoms with Crippen LogP contribution in [0.4, 0.5) is 14.6 Å². The van der Waals surface area contributed by atoms with E-state index >= 15 is 0 Å². The van der Waals surface area contributed by atoms with Crippen LogP contribution in [-0.2, 0) is 17.8 Å². The van der Waals surface area contributed by atoms with E-state index in [2.05, 4.69) is 15.3 Å². The summed E-state index contributed by atoms with van der Waals surface area (Å²) in [5.41, 5.74) is 2.64. The van der Waals surface area contributed by atoms with Gasteiger partial charge in [0.25, 0.3) is 12.3 Å². The summed E-state index contributed by atoms with van der Waals surface area (Å²) in [5, 5.41) is 2.75. The van der Waals surface area contributed by atoms with Gasteiger partial charge in [-0.05, 0) is 37.1 Å². The average Bonchev–Trinajstić information content (AvgIpc) is 3.40. The predicted octanol–water partition coefficient (Wildman–Crippen LogP) is 3.92. The van der Waals surface area contributed by atoms with Crippen molar-refractivity contribution in [1.82, 2.24) is 14.9 Å². The molecule has 1 atom stereocenters. The van der Waals surface area contributed by atoms with Crippen molar-refractivity contribution in [3.05, 3.63) is 71.1 Å². The highest BCUT2D eigenvalue weighted by Gasteiger charge is 2.34. The minimum atomic E-state index is -2.55. The first kappa shape index (κ1) is 22.4. The maximum absolute atomic E-state index is 13.1. The van der Waals surface area contributed by atoms with Gasteiger partial charge in [0.2, 0.25) is 5.91 Å². The Balaban J connectivity index is 1.49. The van der Waals surface area contributed by atoms with Gasteiger partial charge in [0.05, 0.1) is 25.2 Å². The normalized spacial score (nSPS) is 13.8. The van der Waals surface area contributed by atoms with Crippen molar-refractivity contribution >= 4 is 17.6 Å². The van der Waals surface area contributed by atoms with Crippen molar-refractivity contribution in [3.8, 4) is 5.75 Å². The van der Waals surface area contributed by atoms with Crippen LogP contribution in [-0.4, -0.2) is 39.7 Å². The molecule has 0 radical (unpaired) electrons. The third-order valence-corrected chi connectivity index (χ3v) is 5.47. The van der Waals surface area contributed by atoms with E-state index in [1.165, 1.54) is 18.8 Å². The van der Waals surface area contributed by atoms with Crippen molar-refractivity contribution in [3.63, 3.8) is 0 Å². The number of halogens is 2. The summed E-state index contributed by atoms with van der Waals surface area (Å²) in [6.07, 6.45) is 1.63. The van der Waals surface area contributed by atoms with Crippen molar-refractivity contribution in [2.75, 3.05) is 11.9 Å². The number of carbonyl (C=O) groups is 2. The molecule has 0 bridgehead atoms. The molecule has 3 aromatic rings. The fourth-order valence-electron chi connectivity index (χ4n) is 3.76. The van der Waals surface area contributed by atoms with Crippen LogP contribution < -0.4 is 10.1 Å². The Bertz CT molecular complexity index is 1170. The number of fused-ring (bicyclic) bond motifs is 1. The van der Waals surface area contributed by atoms with Crippen LogP contribution in [0.3, 0.4) is 0 Å². The lowest BCUT2D eigenvalue weighted by atomic mass is 10.0. The molecule has 0 spiro atoms. The third kappa shape index (κ3) is 4.84. The molecule has 1 aliphatic rings. The smallest absolute Gasteiger partial charge is 0.272 e. The Kier molecular flexibility index (Phi) is 6.34. The lowest BCUT2D eigenvalue weighted by Crippen LogP contribution is -2.27. The van der Waals surface area contributed by atoms with E-state index in [9.17, 15) is 18.4 Å². The van der Waals surface area contributed by atoms with Crippen LogP contribution >= 0.6 is 0 Å². The van der Waals surface area contributed by atoms with E-state index in [1.54, 1.807) is 30.0 Å². The number of alkyl halides is 2. The summed E-state index contributed by atoms with van der Waals surface area (Å²) >= 11 is 0. The van der Waals surface area contributed by atoms with Crippen molar-refractivity contribution < 1.29 is 27.5 Å². The zero-order chi connectivity index (χ0) is 23.5. The second-order valence-corrected chi connectivity index (χ2v) is 7.71. The Labute approximate surface area is 188 Å². The second-order valence-electron chi connectivity index (χ2n) is 7.71. The molecule has 172 valence electrons.